The lowest BCUT2D eigenvalue weighted by molar-refractivity contribution is -0.387. The first-order valence-corrected chi connectivity index (χ1v) is 11.7. The molecule has 0 aliphatic carbocycles. The lowest BCUT2D eigenvalue weighted by Gasteiger charge is -2.26. The van der Waals surface area contributed by atoms with Gasteiger partial charge in [0.2, 0.25) is 0 Å². The molecule has 0 saturated heterocycles. The largest absolute Gasteiger partial charge is 0.494 e. The fraction of sp³-hybridized carbons (Fsp3) is 0.130. The number of ether oxygens (including phenoxy) is 2. The van der Waals surface area contributed by atoms with Gasteiger partial charge in [0.25, 0.3) is 11.6 Å². The highest BCUT2D eigenvalue weighted by Gasteiger charge is 2.28. The number of aromatic nitrogens is 1. The van der Waals surface area contributed by atoms with Crippen molar-refractivity contribution in [2.24, 2.45) is 0 Å². The van der Waals surface area contributed by atoms with E-state index >= 15 is 0 Å². The van der Waals surface area contributed by atoms with Gasteiger partial charge < -0.3 is 14.8 Å². The molecule has 10 heteroatoms. The van der Waals surface area contributed by atoms with Crippen molar-refractivity contribution in [3.63, 3.8) is 0 Å². The maximum atomic E-state index is 12.4. The molecule has 1 aromatic heterocycles. The summed E-state index contributed by atoms with van der Waals surface area (Å²) in [5.41, 5.74) is 1.64. The monoisotopic (exact) mass is 479 g/mol. The molecule has 0 fully saturated rings. The molecule has 0 spiro atoms. The molecule has 0 radical (unpaired) electrons. The minimum Gasteiger partial charge on any atom is -0.494 e. The van der Waals surface area contributed by atoms with Crippen LogP contribution in [0, 0.1) is 10.1 Å². The van der Waals surface area contributed by atoms with Gasteiger partial charge in [0.15, 0.2) is 10.6 Å². The predicted octanol–water partition coefficient (Wildman–Crippen LogP) is 5.58. The topological polar surface area (TPSA) is 104 Å². The van der Waals surface area contributed by atoms with E-state index < -0.39 is 11.2 Å². The number of hydrogen-bond donors (Lipinski definition) is 1. The number of fused-ring (bicyclic) bond motifs is 2. The Morgan fingerprint density at radius 2 is 2.06 bits per heavy atom. The van der Waals surface area contributed by atoms with Crippen LogP contribution >= 0.6 is 23.1 Å². The molecule has 4 aromatic rings. The Morgan fingerprint density at radius 1 is 1.21 bits per heavy atom. The van der Waals surface area contributed by atoms with Gasteiger partial charge in [-0.05, 0) is 43.3 Å². The second kappa shape index (κ2) is 8.72. The van der Waals surface area contributed by atoms with Gasteiger partial charge in [-0.3, -0.25) is 14.9 Å². The number of benzene rings is 3. The van der Waals surface area contributed by atoms with E-state index in [4.69, 9.17) is 9.47 Å². The number of nitro groups is 1. The average Bonchev–Trinajstić information content (AvgIpc) is 3.21. The van der Waals surface area contributed by atoms with Crippen LogP contribution in [0.5, 0.6) is 11.5 Å². The average molecular weight is 480 g/mol. The summed E-state index contributed by atoms with van der Waals surface area (Å²) in [4.78, 5) is 28.8. The van der Waals surface area contributed by atoms with E-state index in [9.17, 15) is 14.9 Å². The normalized spacial score (nSPS) is 14.9. The Morgan fingerprint density at radius 3 is 2.88 bits per heavy atom. The van der Waals surface area contributed by atoms with Crippen LogP contribution in [-0.2, 0) is 0 Å². The Balaban J connectivity index is 1.43. The zero-order valence-electron chi connectivity index (χ0n) is 17.3. The summed E-state index contributed by atoms with van der Waals surface area (Å²) >= 11 is 2.67. The molecule has 166 valence electrons. The van der Waals surface area contributed by atoms with E-state index in [0.717, 1.165) is 16.0 Å². The molecule has 1 amide bonds. The number of carbonyl (C=O) groups is 1. The minimum absolute atomic E-state index is 0.0801. The van der Waals surface area contributed by atoms with E-state index in [1.807, 2.05) is 25.1 Å². The van der Waals surface area contributed by atoms with Gasteiger partial charge in [-0.15, -0.1) is 11.3 Å². The quantitative estimate of drug-likeness (QED) is 0.285. The first-order chi connectivity index (χ1) is 16.0. The van der Waals surface area contributed by atoms with Crippen LogP contribution in [0.1, 0.15) is 29.1 Å². The fourth-order valence-electron chi connectivity index (χ4n) is 3.47. The van der Waals surface area contributed by atoms with Crippen molar-refractivity contribution in [1.82, 2.24) is 10.3 Å². The van der Waals surface area contributed by atoms with E-state index in [1.54, 1.807) is 36.4 Å². The Kier molecular flexibility index (Phi) is 5.61. The van der Waals surface area contributed by atoms with Crippen molar-refractivity contribution in [3.8, 4) is 11.5 Å². The third-order valence-corrected chi connectivity index (χ3v) is 7.11. The van der Waals surface area contributed by atoms with Gasteiger partial charge in [0.1, 0.15) is 11.5 Å². The van der Waals surface area contributed by atoms with Crippen molar-refractivity contribution in [2.75, 3.05) is 6.61 Å². The fourth-order valence-corrected chi connectivity index (χ4v) is 5.60. The Labute approximate surface area is 196 Å². The van der Waals surface area contributed by atoms with Crippen LogP contribution in [0.15, 0.2) is 69.9 Å². The molecule has 0 unspecified atom stereocenters. The third-order valence-electron chi connectivity index (χ3n) is 4.97. The van der Waals surface area contributed by atoms with Gasteiger partial charge in [-0.1, -0.05) is 30.0 Å². The number of nitrogens with one attached hydrogen (secondary N) is 1. The third kappa shape index (κ3) is 4.22. The number of rotatable bonds is 6. The van der Waals surface area contributed by atoms with E-state index in [0.29, 0.717) is 32.7 Å². The Bertz CT molecular complexity index is 1390. The number of para-hydroxylation sites is 1. The van der Waals surface area contributed by atoms with Crippen LogP contribution in [0.3, 0.4) is 0 Å². The van der Waals surface area contributed by atoms with Crippen molar-refractivity contribution >= 4 is 44.9 Å². The number of carbonyl (C=O) groups excluding carboxylic acids is 1. The van der Waals surface area contributed by atoms with Gasteiger partial charge in [-0.25, -0.2) is 4.98 Å². The standard InChI is InChI=1S/C23H17N3O5S2/c1-2-30-14-8-9-16-20(12-14)33-23(24-16)32-19-10-7-13(11-17(19)26(28)29)22-25-21(27)15-5-3-4-6-18(15)31-22/h3-12,22H,2H2,1H3,(H,25,27)/t22-/m1/s1. The van der Waals surface area contributed by atoms with Crippen LogP contribution in [-0.4, -0.2) is 22.4 Å². The second-order valence-electron chi connectivity index (χ2n) is 7.10. The molecule has 1 aliphatic rings. The van der Waals surface area contributed by atoms with Crippen molar-refractivity contribution in [1.29, 1.82) is 0 Å². The lowest BCUT2D eigenvalue weighted by atomic mass is 10.1. The molecule has 33 heavy (non-hydrogen) atoms. The number of hydrogen-bond acceptors (Lipinski definition) is 8. The summed E-state index contributed by atoms with van der Waals surface area (Å²) in [5, 5.41) is 14.6. The molecular formula is C23H17N3O5S2. The summed E-state index contributed by atoms with van der Waals surface area (Å²) in [6.45, 7) is 2.49. The number of amides is 1. The maximum Gasteiger partial charge on any atom is 0.283 e. The van der Waals surface area contributed by atoms with E-state index in [1.165, 1.54) is 29.2 Å². The number of nitro benzene ring substituents is 1. The zero-order valence-corrected chi connectivity index (χ0v) is 18.9. The number of nitrogens with zero attached hydrogens (tertiary/aromatic N) is 2. The molecule has 0 saturated carbocycles. The molecule has 0 bridgehead atoms. The molecule has 1 aliphatic heterocycles. The van der Waals surface area contributed by atoms with Crippen molar-refractivity contribution in [2.45, 2.75) is 22.4 Å². The predicted molar refractivity (Wildman–Crippen MR) is 125 cm³/mol. The SMILES string of the molecule is CCOc1ccc2nc(Sc3ccc([C@@H]4NC(=O)c5ccccc5O4)cc3[N+](=O)[O-])sc2c1. The summed E-state index contributed by atoms with van der Waals surface area (Å²) < 4.78 is 13.0. The first kappa shape index (κ1) is 21.2. The molecule has 3 aromatic carbocycles. The van der Waals surface area contributed by atoms with Crippen molar-refractivity contribution in [3.05, 3.63) is 81.9 Å². The van der Waals surface area contributed by atoms with Crippen LogP contribution < -0.4 is 14.8 Å². The lowest BCUT2D eigenvalue weighted by Crippen LogP contribution is -2.36. The highest BCUT2D eigenvalue weighted by Crippen LogP contribution is 2.41. The summed E-state index contributed by atoms with van der Waals surface area (Å²) in [7, 11) is 0. The van der Waals surface area contributed by atoms with Gasteiger partial charge >= 0.3 is 0 Å². The molecule has 8 nitrogen and oxygen atoms in total. The molecule has 5 rings (SSSR count). The van der Waals surface area contributed by atoms with Crippen LogP contribution in [0.4, 0.5) is 5.69 Å². The first-order valence-electron chi connectivity index (χ1n) is 10.1. The van der Waals surface area contributed by atoms with E-state index in [2.05, 4.69) is 10.3 Å². The maximum absolute atomic E-state index is 12.4. The van der Waals surface area contributed by atoms with E-state index in [-0.39, 0.29) is 11.6 Å². The molecule has 1 N–H and O–H groups in total. The molecule has 1 atom stereocenters. The van der Waals surface area contributed by atoms with Gasteiger partial charge in [-0.2, -0.15) is 0 Å². The summed E-state index contributed by atoms with van der Waals surface area (Å²) in [6.07, 6.45) is -0.815. The highest BCUT2D eigenvalue weighted by atomic mass is 32.2. The summed E-state index contributed by atoms with van der Waals surface area (Å²) in [6, 6.07) is 17.3. The highest BCUT2D eigenvalue weighted by molar-refractivity contribution is 8.01. The van der Waals surface area contributed by atoms with Crippen LogP contribution in [0.25, 0.3) is 10.2 Å². The minimum atomic E-state index is -0.815. The van der Waals surface area contributed by atoms with Gasteiger partial charge in [0.05, 0.1) is 32.2 Å². The molecular weight excluding hydrogens is 462 g/mol. The van der Waals surface area contributed by atoms with Crippen LogP contribution in [0.2, 0.25) is 0 Å². The molecule has 2 heterocycles. The number of thiazole rings is 1. The second-order valence-corrected chi connectivity index (χ2v) is 9.42. The van der Waals surface area contributed by atoms with Crippen molar-refractivity contribution < 1.29 is 19.2 Å². The smallest absolute Gasteiger partial charge is 0.283 e. The zero-order chi connectivity index (χ0) is 22.9. The van der Waals surface area contributed by atoms with Gasteiger partial charge in [0, 0.05) is 11.6 Å². The summed E-state index contributed by atoms with van der Waals surface area (Å²) in [5.74, 6) is 0.911. The Hall–Kier alpha value is -3.63.